The molecule has 0 fully saturated rings. The summed E-state index contributed by atoms with van der Waals surface area (Å²) in [6.07, 6.45) is 0. The van der Waals surface area contributed by atoms with E-state index in [1.165, 1.54) is 0 Å². The minimum Gasteiger partial charge on any atom is -0.325 e. The molecule has 24 heavy (non-hydrogen) atoms. The molecular weight excluding hydrogens is 351 g/mol. The van der Waals surface area contributed by atoms with Crippen molar-refractivity contribution in [2.45, 2.75) is 0 Å². The zero-order valence-electron chi connectivity index (χ0n) is 12.5. The Kier molecular flexibility index (Phi) is 6.72. The fourth-order valence-corrected chi connectivity index (χ4v) is 1.92. The summed E-state index contributed by atoms with van der Waals surface area (Å²) in [4.78, 5) is 22.9. The molecule has 0 aromatic heterocycles. The number of amides is 2. The van der Waals surface area contributed by atoms with Crippen molar-refractivity contribution in [1.82, 2.24) is 0 Å². The lowest BCUT2D eigenvalue weighted by Crippen LogP contribution is -2.15. The minimum absolute atomic E-state index is 0.168. The van der Waals surface area contributed by atoms with Gasteiger partial charge in [0.05, 0.1) is 11.4 Å². The molecule has 6 nitrogen and oxygen atoms in total. The molecule has 2 aromatic rings. The van der Waals surface area contributed by atoms with Gasteiger partial charge >= 0.3 is 0 Å². The van der Waals surface area contributed by atoms with Gasteiger partial charge in [-0.15, -0.1) is 28.3 Å². The molecule has 0 saturated carbocycles. The van der Waals surface area contributed by atoms with E-state index in [1.54, 1.807) is 30.3 Å². The Morgan fingerprint density at radius 2 is 1.54 bits per heavy atom. The van der Waals surface area contributed by atoms with Gasteiger partial charge in [-0.3, -0.25) is 9.59 Å². The highest BCUT2D eigenvalue weighted by Gasteiger charge is 2.09. The van der Waals surface area contributed by atoms with Crippen LogP contribution >= 0.6 is 23.2 Å². The zero-order chi connectivity index (χ0) is 17.4. The van der Waals surface area contributed by atoms with E-state index in [0.717, 1.165) is 0 Å². The second-order valence-electron chi connectivity index (χ2n) is 4.63. The number of carbonyl (C=O) groups is 2. The highest BCUT2D eigenvalue weighted by atomic mass is 35.5. The van der Waals surface area contributed by atoms with Crippen LogP contribution < -0.4 is 10.6 Å². The van der Waals surface area contributed by atoms with Gasteiger partial charge in [-0.2, -0.15) is 5.11 Å². The highest BCUT2D eigenvalue weighted by molar-refractivity contribution is 6.29. The van der Waals surface area contributed by atoms with Gasteiger partial charge in [0.15, 0.2) is 0 Å². The molecule has 0 aliphatic heterocycles. The molecule has 0 aliphatic rings. The van der Waals surface area contributed by atoms with E-state index in [9.17, 15) is 9.59 Å². The Morgan fingerprint density at radius 1 is 0.875 bits per heavy atom. The van der Waals surface area contributed by atoms with Crippen LogP contribution in [0.3, 0.4) is 0 Å². The first-order chi connectivity index (χ1) is 11.6. The number of carbonyl (C=O) groups excluding carboxylic acids is 2. The fraction of sp³-hybridized carbons (Fsp3) is 0.125. The van der Waals surface area contributed by atoms with Gasteiger partial charge in [0.2, 0.25) is 11.8 Å². The number of benzene rings is 2. The monoisotopic (exact) mass is 364 g/mol. The number of halogens is 2. The van der Waals surface area contributed by atoms with Crippen molar-refractivity contribution in [1.29, 1.82) is 0 Å². The van der Waals surface area contributed by atoms with Crippen molar-refractivity contribution >= 4 is 57.8 Å². The first-order valence-electron chi connectivity index (χ1n) is 6.95. The van der Waals surface area contributed by atoms with E-state index < -0.39 is 5.91 Å². The normalized spacial score (nSPS) is 10.6. The third kappa shape index (κ3) is 5.33. The Bertz CT molecular complexity index is 751. The van der Waals surface area contributed by atoms with Gasteiger partial charge in [0.25, 0.3) is 0 Å². The quantitative estimate of drug-likeness (QED) is 0.585. The van der Waals surface area contributed by atoms with Crippen molar-refractivity contribution in [3.8, 4) is 0 Å². The summed E-state index contributed by atoms with van der Waals surface area (Å²) in [6.45, 7) is 0. The van der Waals surface area contributed by atoms with Crippen LogP contribution in [0.1, 0.15) is 0 Å². The molecule has 2 N–H and O–H groups in total. The number of hydrogen-bond donors (Lipinski definition) is 2. The number of anilines is 2. The molecule has 0 spiro atoms. The Labute approximate surface area is 148 Å². The zero-order valence-corrected chi connectivity index (χ0v) is 14.0. The predicted octanol–water partition coefficient (Wildman–Crippen LogP) is 4.46. The molecular formula is C16H14Cl2N4O2. The molecule has 0 saturated heterocycles. The average Bonchev–Trinajstić information content (AvgIpc) is 2.61. The lowest BCUT2D eigenvalue weighted by atomic mass is 10.2. The van der Waals surface area contributed by atoms with E-state index in [0.29, 0.717) is 22.7 Å². The van der Waals surface area contributed by atoms with Crippen LogP contribution in [0.25, 0.3) is 0 Å². The number of hydrogen-bond acceptors (Lipinski definition) is 4. The van der Waals surface area contributed by atoms with E-state index in [-0.39, 0.29) is 17.7 Å². The average molecular weight is 365 g/mol. The maximum absolute atomic E-state index is 11.6. The molecule has 0 aliphatic carbocycles. The number of alkyl halides is 2. The smallest absolute Gasteiger partial charge is 0.239 e. The molecule has 0 heterocycles. The summed E-state index contributed by atoms with van der Waals surface area (Å²) >= 11 is 11.0. The summed E-state index contributed by atoms with van der Waals surface area (Å²) in [6, 6.07) is 14.0. The maximum Gasteiger partial charge on any atom is 0.239 e. The molecule has 0 radical (unpaired) electrons. The summed E-state index contributed by atoms with van der Waals surface area (Å²) in [5, 5.41) is 13.5. The Balaban J connectivity index is 2.29. The molecule has 8 heteroatoms. The third-order valence-electron chi connectivity index (χ3n) is 2.83. The van der Waals surface area contributed by atoms with Crippen LogP contribution in [0.4, 0.5) is 22.7 Å². The Morgan fingerprint density at radius 3 is 2.21 bits per heavy atom. The van der Waals surface area contributed by atoms with Crippen LogP contribution in [0, 0.1) is 0 Å². The first kappa shape index (κ1) is 17.9. The number of azo groups is 1. The van der Waals surface area contributed by atoms with Crippen molar-refractivity contribution < 1.29 is 9.59 Å². The van der Waals surface area contributed by atoms with Crippen LogP contribution in [-0.4, -0.2) is 23.6 Å². The van der Waals surface area contributed by atoms with Gasteiger partial charge in [0, 0.05) is 5.69 Å². The predicted molar refractivity (Wildman–Crippen MR) is 95.8 cm³/mol. The summed E-state index contributed by atoms with van der Waals surface area (Å²) in [5.41, 5.74) is 1.96. The summed E-state index contributed by atoms with van der Waals surface area (Å²) in [5.74, 6) is -1.12. The lowest BCUT2D eigenvalue weighted by molar-refractivity contribution is -0.114. The van der Waals surface area contributed by atoms with E-state index in [2.05, 4.69) is 20.9 Å². The number of nitrogens with zero attached hydrogens (tertiary/aromatic N) is 2. The van der Waals surface area contributed by atoms with Crippen molar-refractivity contribution in [3.05, 3.63) is 48.5 Å². The largest absolute Gasteiger partial charge is 0.325 e. The molecule has 0 unspecified atom stereocenters. The first-order valence-corrected chi connectivity index (χ1v) is 8.01. The summed E-state index contributed by atoms with van der Waals surface area (Å²) in [7, 11) is 0. The fourth-order valence-electron chi connectivity index (χ4n) is 1.79. The second kappa shape index (κ2) is 9.00. The van der Waals surface area contributed by atoms with E-state index >= 15 is 0 Å². The maximum atomic E-state index is 11.6. The van der Waals surface area contributed by atoms with E-state index in [4.69, 9.17) is 23.2 Å². The van der Waals surface area contributed by atoms with Crippen molar-refractivity contribution in [2.24, 2.45) is 10.2 Å². The van der Waals surface area contributed by atoms with Gasteiger partial charge in [-0.05, 0) is 30.3 Å². The van der Waals surface area contributed by atoms with Crippen molar-refractivity contribution in [2.75, 3.05) is 22.4 Å². The molecule has 124 valence electrons. The SMILES string of the molecule is O=C(CCl)Nc1ccc(N=Nc2ccccc2)c(NC(=O)CCl)c1. The van der Waals surface area contributed by atoms with Crippen LogP contribution in [0.5, 0.6) is 0 Å². The van der Waals surface area contributed by atoms with Crippen molar-refractivity contribution in [3.63, 3.8) is 0 Å². The minimum atomic E-state index is -0.395. The van der Waals surface area contributed by atoms with Gasteiger partial charge < -0.3 is 10.6 Å². The van der Waals surface area contributed by atoms with Gasteiger partial charge in [0.1, 0.15) is 17.4 Å². The van der Waals surface area contributed by atoms with Gasteiger partial charge in [-0.1, -0.05) is 18.2 Å². The second-order valence-corrected chi connectivity index (χ2v) is 5.17. The third-order valence-corrected chi connectivity index (χ3v) is 3.31. The standard InChI is InChI=1S/C16H14Cl2N4O2/c17-9-15(23)19-12-6-7-13(14(8-12)20-16(24)10-18)22-21-11-4-2-1-3-5-11/h1-8H,9-10H2,(H,19,23)(H,20,24). The molecule has 2 amide bonds. The molecule has 2 rings (SSSR count). The van der Waals surface area contributed by atoms with Gasteiger partial charge in [-0.25, -0.2) is 0 Å². The topological polar surface area (TPSA) is 82.9 Å². The van der Waals surface area contributed by atoms with Crippen LogP contribution in [0.15, 0.2) is 58.8 Å². The summed E-state index contributed by atoms with van der Waals surface area (Å²) < 4.78 is 0. The van der Waals surface area contributed by atoms with E-state index in [1.807, 2.05) is 18.2 Å². The lowest BCUT2D eigenvalue weighted by Gasteiger charge is -2.10. The van der Waals surface area contributed by atoms with Crippen LogP contribution in [-0.2, 0) is 9.59 Å². The molecule has 2 aromatic carbocycles. The Hall–Kier alpha value is -2.44. The highest BCUT2D eigenvalue weighted by Crippen LogP contribution is 2.30. The number of rotatable bonds is 6. The molecule has 0 bridgehead atoms. The molecule has 0 atom stereocenters. The van der Waals surface area contributed by atoms with Crippen LogP contribution in [0.2, 0.25) is 0 Å². The number of nitrogens with one attached hydrogen (secondary N) is 2.